The third-order valence-corrected chi connectivity index (χ3v) is 3.61. The molecule has 0 saturated heterocycles. The number of nitrogens with zero attached hydrogens (tertiary/aromatic N) is 4. The number of hydrogen-bond donors (Lipinski definition) is 1. The number of carbonyl (C=O) groups is 1. The Bertz CT molecular complexity index is 649. The zero-order valence-corrected chi connectivity index (χ0v) is 11.1. The number of aromatic carboxylic acids is 1. The van der Waals surface area contributed by atoms with Crippen molar-refractivity contribution in [1.29, 1.82) is 0 Å². The van der Waals surface area contributed by atoms with Gasteiger partial charge in [-0.2, -0.15) is 0 Å². The van der Waals surface area contributed by atoms with Crippen LogP contribution in [0.25, 0.3) is 10.4 Å². The van der Waals surface area contributed by atoms with E-state index in [0.29, 0.717) is 5.56 Å². The highest BCUT2D eigenvalue weighted by Crippen LogP contribution is 2.21. The lowest BCUT2D eigenvalue weighted by molar-refractivity contribution is 0.0696. The van der Waals surface area contributed by atoms with Crippen LogP contribution in [-0.4, -0.2) is 32.8 Å². The first kappa shape index (κ1) is 14.8. The van der Waals surface area contributed by atoms with Gasteiger partial charge in [-0.3, -0.25) is 4.31 Å². The lowest BCUT2D eigenvalue weighted by Crippen LogP contribution is -2.25. The summed E-state index contributed by atoms with van der Waals surface area (Å²) in [5.74, 6) is -1.19. The third-order valence-electron chi connectivity index (χ3n) is 2.40. The zero-order valence-electron chi connectivity index (χ0n) is 10.3. The average molecular weight is 284 g/mol. The Kier molecular flexibility index (Phi) is 4.36. The number of sulfonamides is 1. The minimum atomic E-state index is -3.50. The molecule has 1 rings (SSSR count). The maximum absolute atomic E-state index is 11.4. The average Bonchev–Trinajstić information content (AvgIpc) is 2.33. The standard InChI is InChI=1S/C10H12N4O4S/c1-14(19(2,17)18)9-4-7(6-12-13-11)3-8(5-9)10(15)16/h3-5H,6H2,1-2H3,(H,15,16). The van der Waals surface area contributed by atoms with Gasteiger partial charge in [0.05, 0.1) is 24.1 Å². The van der Waals surface area contributed by atoms with Gasteiger partial charge in [0.2, 0.25) is 10.0 Å². The van der Waals surface area contributed by atoms with E-state index >= 15 is 0 Å². The van der Waals surface area contributed by atoms with E-state index in [9.17, 15) is 13.2 Å². The van der Waals surface area contributed by atoms with Crippen LogP contribution in [0.5, 0.6) is 0 Å². The summed E-state index contributed by atoms with van der Waals surface area (Å²) in [4.78, 5) is 13.6. The topological polar surface area (TPSA) is 123 Å². The van der Waals surface area contributed by atoms with Crippen molar-refractivity contribution >= 4 is 21.7 Å². The zero-order chi connectivity index (χ0) is 14.6. The first-order valence-electron chi connectivity index (χ1n) is 5.07. The molecule has 0 aliphatic carbocycles. The van der Waals surface area contributed by atoms with Crippen molar-refractivity contribution in [2.24, 2.45) is 5.11 Å². The Morgan fingerprint density at radius 2 is 2.11 bits per heavy atom. The molecule has 9 heteroatoms. The second kappa shape index (κ2) is 5.59. The summed E-state index contributed by atoms with van der Waals surface area (Å²) >= 11 is 0. The smallest absolute Gasteiger partial charge is 0.335 e. The number of carboxylic acids is 1. The Morgan fingerprint density at radius 1 is 1.47 bits per heavy atom. The lowest BCUT2D eigenvalue weighted by atomic mass is 10.1. The van der Waals surface area contributed by atoms with E-state index in [0.717, 1.165) is 10.6 Å². The summed E-state index contributed by atoms with van der Waals surface area (Å²) in [5, 5.41) is 12.3. The fraction of sp³-hybridized carbons (Fsp3) is 0.300. The van der Waals surface area contributed by atoms with Gasteiger partial charge in [-0.15, -0.1) is 0 Å². The quantitative estimate of drug-likeness (QED) is 0.500. The van der Waals surface area contributed by atoms with Gasteiger partial charge >= 0.3 is 5.97 Å². The molecule has 0 spiro atoms. The van der Waals surface area contributed by atoms with Crippen molar-refractivity contribution in [3.05, 3.63) is 39.8 Å². The SMILES string of the molecule is CN(c1cc(CN=[N+]=[N-])cc(C(=O)O)c1)S(C)(=O)=O. The molecule has 0 aliphatic heterocycles. The largest absolute Gasteiger partial charge is 0.478 e. The molecule has 102 valence electrons. The van der Waals surface area contributed by atoms with Crippen LogP contribution in [0, 0.1) is 0 Å². The summed E-state index contributed by atoms with van der Waals surface area (Å²) in [6.45, 7) is -0.0534. The molecule has 0 heterocycles. The number of benzene rings is 1. The van der Waals surface area contributed by atoms with Crippen LogP contribution in [0.2, 0.25) is 0 Å². The van der Waals surface area contributed by atoms with Gasteiger partial charge in [-0.05, 0) is 29.3 Å². The summed E-state index contributed by atoms with van der Waals surface area (Å²) in [7, 11) is -2.19. The van der Waals surface area contributed by atoms with Gasteiger partial charge in [0.25, 0.3) is 0 Å². The summed E-state index contributed by atoms with van der Waals surface area (Å²) in [5.41, 5.74) is 8.80. The molecular weight excluding hydrogens is 272 g/mol. The molecule has 1 N–H and O–H groups in total. The highest BCUT2D eigenvalue weighted by Gasteiger charge is 2.15. The van der Waals surface area contributed by atoms with Crippen LogP contribution >= 0.6 is 0 Å². The van der Waals surface area contributed by atoms with Crippen molar-refractivity contribution in [3.8, 4) is 0 Å². The van der Waals surface area contributed by atoms with Crippen molar-refractivity contribution in [1.82, 2.24) is 0 Å². The number of rotatable bonds is 5. The van der Waals surface area contributed by atoms with Crippen molar-refractivity contribution < 1.29 is 18.3 Å². The molecule has 1 aromatic rings. The Labute approximate surface area is 110 Å². The highest BCUT2D eigenvalue weighted by atomic mass is 32.2. The molecule has 0 bridgehead atoms. The molecule has 0 amide bonds. The molecule has 0 aromatic heterocycles. The number of carboxylic acid groups (broad SMARTS) is 1. The lowest BCUT2D eigenvalue weighted by Gasteiger charge is -2.18. The first-order valence-corrected chi connectivity index (χ1v) is 6.92. The summed E-state index contributed by atoms with van der Waals surface area (Å²) < 4.78 is 23.8. The van der Waals surface area contributed by atoms with Gasteiger partial charge in [-0.25, -0.2) is 13.2 Å². The van der Waals surface area contributed by atoms with E-state index in [1.165, 1.54) is 25.2 Å². The van der Waals surface area contributed by atoms with Gasteiger partial charge in [0.15, 0.2) is 0 Å². The Morgan fingerprint density at radius 3 is 2.58 bits per heavy atom. The third kappa shape index (κ3) is 3.87. The number of azide groups is 1. The second-order valence-corrected chi connectivity index (χ2v) is 5.83. The van der Waals surface area contributed by atoms with Crippen LogP contribution in [-0.2, 0) is 16.6 Å². The second-order valence-electron chi connectivity index (χ2n) is 3.81. The van der Waals surface area contributed by atoms with Crippen LogP contribution in [0.15, 0.2) is 23.3 Å². The maximum atomic E-state index is 11.4. The maximum Gasteiger partial charge on any atom is 0.335 e. The molecule has 0 unspecified atom stereocenters. The Hall–Kier alpha value is -2.25. The molecule has 19 heavy (non-hydrogen) atoms. The van der Waals surface area contributed by atoms with Gasteiger partial charge in [0.1, 0.15) is 0 Å². The summed E-state index contributed by atoms with van der Waals surface area (Å²) in [6, 6.07) is 4.03. The molecule has 8 nitrogen and oxygen atoms in total. The number of anilines is 1. The molecule has 0 saturated carbocycles. The summed E-state index contributed by atoms with van der Waals surface area (Å²) in [6.07, 6.45) is 1.01. The van der Waals surface area contributed by atoms with Crippen molar-refractivity contribution in [2.75, 3.05) is 17.6 Å². The van der Waals surface area contributed by atoms with E-state index in [1.54, 1.807) is 0 Å². The van der Waals surface area contributed by atoms with Gasteiger partial charge in [0, 0.05) is 12.0 Å². The highest BCUT2D eigenvalue weighted by molar-refractivity contribution is 7.92. The van der Waals surface area contributed by atoms with Crippen LogP contribution < -0.4 is 4.31 Å². The first-order chi connectivity index (χ1) is 8.75. The predicted octanol–water partition coefficient (Wildman–Crippen LogP) is 1.59. The van der Waals surface area contributed by atoms with E-state index < -0.39 is 16.0 Å². The molecule has 0 fully saturated rings. The molecular formula is C10H12N4O4S. The molecule has 1 aromatic carbocycles. The van der Waals surface area contributed by atoms with Crippen LogP contribution in [0.1, 0.15) is 15.9 Å². The minimum absolute atomic E-state index is 0.0534. The van der Waals surface area contributed by atoms with E-state index in [1.807, 2.05) is 0 Å². The van der Waals surface area contributed by atoms with Crippen LogP contribution in [0.3, 0.4) is 0 Å². The van der Waals surface area contributed by atoms with E-state index in [4.69, 9.17) is 10.6 Å². The Balaban J connectivity index is 3.35. The predicted molar refractivity (Wildman–Crippen MR) is 69.5 cm³/mol. The molecule has 0 radical (unpaired) electrons. The van der Waals surface area contributed by atoms with Crippen molar-refractivity contribution in [3.63, 3.8) is 0 Å². The van der Waals surface area contributed by atoms with Crippen LogP contribution in [0.4, 0.5) is 5.69 Å². The monoisotopic (exact) mass is 284 g/mol. The van der Waals surface area contributed by atoms with E-state index in [2.05, 4.69) is 10.0 Å². The fourth-order valence-electron chi connectivity index (χ4n) is 1.38. The fourth-order valence-corrected chi connectivity index (χ4v) is 1.86. The van der Waals surface area contributed by atoms with Crippen molar-refractivity contribution in [2.45, 2.75) is 6.54 Å². The van der Waals surface area contributed by atoms with Gasteiger partial charge < -0.3 is 5.11 Å². The van der Waals surface area contributed by atoms with E-state index in [-0.39, 0.29) is 17.8 Å². The molecule has 0 aliphatic rings. The molecule has 0 atom stereocenters. The van der Waals surface area contributed by atoms with Gasteiger partial charge in [-0.1, -0.05) is 5.11 Å². The number of hydrogen-bond acceptors (Lipinski definition) is 4. The normalized spacial score (nSPS) is 10.6. The minimum Gasteiger partial charge on any atom is -0.478 e.